The average Bonchev–Trinajstić information content (AvgIpc) is 2.38. The van der Waals surface area contributed by atoms with Gasteiger partial charge in [-0.25, -0.2) is 0 Å². The van der Waals surface area contributed by atoms with Gasteiger partial charge in [0.1, 0.15) is 0 Å². The van der Waals surface area contributed by atoms with E-state index in [0.29, 0.717) is 5.88 Å². The van der Waals surface area contributed by atoms with Crippen molar-refractivity contribution in [1.82, 2.24) is 0 Å². The van der Waals surface area contributed by atoms with Gasteiger partial charge in [0.25, 0.3) is 0 Å². The van der Waals surface area contributed by atoms with Gasteiger partial charge in [-0.15, -0.1) is 11.6 Å². The summed E-state index contributed by atoms with van der Waals surface area (Å²) < 4.78 is 4.46. The van der Waals surface area contributed by atoms with Gasteiger partial charge in [-0.2, -0.15) is 0 Å². The number of alkyl halides is 1. The van der Waals surface area contributed by atoms with E-state index in [4.69, 9.17) is 11.6 Å². The topological polar surface area (TPSA) is 60.4 Å². The monoisotopic (exact) mass is 268 g/mol. The van der Waals surface area contributed by atoms with Crippen LogP contribution in [0, 0.1) is 5.92 Å². The molecule has 0 aliphatic heterocycles. The van der Waals surface area contributed by atoms with Gasteiger partial charge in [-0.3, -0.25) is 14.4 Å². The van der Waals surface area contributed by atoms with Crippen molar-refractivity contribution in [2.45, 2.75) is 12.8 Å². The van der Waals surface area contributed by atoms with Crippen LogP contribution >= 0.6 is 11.6 Å². The number of ketones is 2. The summed E-state index contributed by atoms with van der Waals surface area (Å²) in [7, 11) is 1.14. The molecule has 0 N–H and O–H groups in total. The van der Waals surface area contributed by atoms with Crippen molar-refractivity contribution >= 4 is 29.1 Å². The molecule has 96 valence electrons. The first kappa shape index (κ1) is 14.4. The van der Waals surface area contributed by atoms with Crippen LogP contribution in [-0.2, 0) is 20.2 Å². The number of halogens is 1. The molecule has 1 aromatic carbocycles. The Morgan fingerprint density at radius 2 is 1.78 bits per heavy atom. The summed E-state index contributed by atoms with van der Waals surface area (Å²) in [5.74, 6) is -2.99. The number of rotatable bonds is 5. The third kappa shape index (κ3) is 3.17. The van der Waals surface area contributed by atoms with Gasteiger partial charge in [0.15, 0.2) is 17.5 Å². The standard InChI is InChI=1S/C13H13ClO4/c1-8(15)11(13(17)18-2)12(16)10-5-3-9(7-14)4-6-10/h3-6,11H,7H2,1-2H3. The van der Waals surface area contributed by atoms with Crippen LogP contribution in [-0.4, -0.2) is 24.6 Å². The molecule has 0 spiro atoms. The van der Waals surface area contributed by atoms with Crippen molar-refractivity contribution in [3.05, 3.63) is 35.4 Å². The van der Waals surface area contributed by atoms with E-state index in [2.05, 4.69) is 4.74 Å². The minimum atomic E-state index is -1.39. The lowest BCUT2D eigenvalue weighted by atomic mass is 9.94. The fourth-order valence-electron chi connectivity index (χ4n) is 1.50. The van der Waals surface area contributed by atoms with Gasteiger partial charge in [0.05, 0.1) is 7.11 Å². The molecule has 1 rings (SSSR count). The number of ether oxygens (including phenoxy) is 1. The first-order chi connectivity index (χ1) is 8.51. The van der Waals surface area contributed by atoms with E-state index in [1.54, 1.807) is 24.3 Å². The van der Waals surface area contributed by atoms with Gasteiger partial charge >= 0.3 is 5.97 Å². The maximum Gasteiger partial charge on any atom is 0.324 e. The minimum Gasteiger partial charge on any atom is -0.468 e. The summed E-state index contributed by atoms with van der Waals surface area (Å²) >= 11 is 5.63. The second kappa shape index (κ2) is 6.31. The van der Waals surface area contributed by atoms with Crippen molar-refractivity contribution in [1.29, 1.82) is 0 Å². The van der Waals surface area contributed by atoms with Gasteiger partial charge in [-0.1, -0.05) is 24.3 Å². The molecule has 0 bridgehead atoms. The maximum absolute atomic E-state index is 12.0. The number of methoxy groups -OCH3 is 1. The molecule has 0 aliphatic carbocycles. The Morgan fingerprint density at radius 1 is 1.22 bits per heavy atom. The lowest BCUT2D eigenvalue weighted by Gasteiger charge is -2.10. The highest BCUT2D eigenvalue weighted by molar-refractivity contribution is 6.22. The van der Waals surface area contributed by atoms with Crippen molar-refractivity contribution in [3.63, 3.8) is 0 Å². The zero-order valence-electron chi connectivity index (χ0n) is 10.1. The normalized spacial score (nSPS) is 11.7. The quantitative estimate of drug-likeness (QED) is 0.355. The second-order valence-electron chi connectivity index (χ2n) is 3.76. The SMILES string of the molecule is COC(=O)C(C(C)=O)C(=O)c1ccc(CCl)cc1. The van der Waals surface area contributed by atoms with Crippen LogP contribution < -0.4 is 0 Å². The zero-order valence-corrected chi connectivity index (χ0v) is 10.9. The number of carbonyl (C=O) groups is 3. The van der Waals surface area contributed by atoms with Crippen LogP contribution in [0.5, 0.6) is 0 Å². The predicted molar refractivity (Wildman–Crippen MR) is 66.5 cm³/mol. The molecule has 0 heterocycles. The van der Waals surface area contributed by atoms with E-state index in [-0.39, 0.29) is 5.56 Å². The maximum atomic E-state index is 12.0. The fraction of sp³-hybridized carbons (Fsp3) is 0.308. The number of Topliss-reactive ketones (excluding diaryl/α,β-unsaturated/α-hetero) is 2. The Hall–Kier alpha value is -1.68. The van der Waals surface area contributed by atoms with Crippen molar-refractivity contribution in [2.24, 2.45) is 5.92 Å². The van der Waals surface area contributed by atoms with E-state index >= 15 is 0 Å². The van der Waals surface area contributed by atoms with Crippen LogP contribution in [0.1, 0.15) is 22.8 Å². The largest absolute Gasteiger partial charge is 0.468 e. The smallest absolute Gasteiger partial charge is 0.324 e. The van der Waals surface area contributed by atoms with E-state index in [0.717, 1.165) is 12.7 Å². The lowest BCUT2D eigenvalue weighted by Crippen LogP contribution is -2.31. The van der Waals surface area contributed by atoms with Crippen LogP contribution in [0.4, 0.5) is 0 Å². The summed E-state index contributed by atoms with van der Waals surface area (Å²) in [4.78, 5) is 34.8. The summed E-state index contributed by atoms with van der Waals surface area (Å²) in [5, 5.41) is 0. The van der Waals surface area contributed by atoms with E-state index in [1.807, 2.05) is 0 Å². The molecule has 0 radical (unpaired) electrons. The Morgan fingerprint density at radius 3 is 2.17 bits per heavy atom. The molecule has 4 nitrogen and oxygen atoms in total. The zero-order chi connectivity index (χ0) is 13.7. The molecule has 5 heteroatoms. The number of carbonyl (C=O) groups excluding carboxylic acids is 3. The molecule has 1 unspecified atom stereocenters. The van der Waals surface area contributed by atoms with Gasteiger partial charge in [0, 0.05) is 11.4 Å². The van der Waals surface area contributed by atoms with Crippen LogP contribution in [0.3, 0.4) is 0 Å². The third-order valence-electron chi connectivity index (χ3n) is 2.50. The van der Waals surface area contributed by atoms with E-state index in [1.165, 1.54) is 6.92 Å². The van der Waals surface area contributed by atoms with Crippen LogP contribution in [0.25, 0.3) is 0 Å². The van der Waals surface area contributed by atoms with E-state index in [9.17, 15) is 14.4 Å². The molecular weight excluding hydrogens is 256 g/mol. The van der Waals surface area contributed by atoms with Gasteiger partial charge in [0.2, 0.25) is 0 Å². The molecule has 0 saturated carbocycles. The Labute approximate surface area is 110 Å². The molecular formula is C13H13ClO4. The Bertz CT molecular complexity index is 464. The first-order valence-corrected chi connectivity index (χ1v) is 5.82. The predicted octanol–water partition coefficient (Wildman–Crippen LogP) is 1.99. The molecule has 0 amide bonds. The highest BCUT2D eigenvalue weighted by Gasteiger charge is 2.32. The number of esters is 1. The minimum absolute atomic E-state index is 0.287. The highest BCUT2D eigenvalue weighted by Crippen LogP contribution is 2.14. The molecule has 18 heavy (non-hydrogen) atoms. The average molecular weight is 269 g/mol. The summed E-state index contributed by atoms with van der Waals surface area (Å²) in [6, 6.07) is 6.43. The summed E-state index contributed by atoms with van der Waals surface area (Å²) in [6.07, 6.45) is 0. The lowest BCUT2D eigenvalue weighted by molar-refractivity contribution is -0.146. The number of hydrogen-bond acceptors (Lipinski definition) is 4. The number of benzene rings is 1. The van der Waals surface area contributed by atoms with Crippen molar-refractivity contribution < 1.29 is 19.1 Å². The highest BCUT2D eigenvalue weighted by atomic mass is 35.5. The van der Waals surface area contributed by atoms with Crippen molar-refractivity contribution in [3.8, 4) is 0 Å². The molecule has 0 saturated heterocycles. The summed E-state index contributed by atoms with van der Waals surface area (Å²) in [6.45, 7) is 1.19. The molecule has 1 atom stereocenters. The first-order valence-electron chi connectivity index (χ1n) is 5.28. The third-order valence-corrected chi connectivity index (χ3v) is 2.81. The van der Waals surface area contributed by atoms with Crippen LogP contribution in [0.15, 0.2) is 24.3 Å². The second-order valence-corrected chi connectivity index (χ2v) is 4.03. The van der Waals surface area contributed by atoms with Crippen LogP contribution in [0.2, 0.25) is 0 Å². The Kier molecular flexibility index (Phi) is 5.04. The molecule has 0 fully saturated rings. The fourth-order valence-corrected chi connectivity index (χ4v) is 1.68. The molecule has 0 aromatic heterocycles. The molecule has 1 aromatic rings. The van der Waals surface area contributed by atoms with Crippen molar-refractivity contribution in [2.75, 3.05) is 7.11 Å². The van der Waals surface area contributed by atoms with Gasteiger partial charge < -0.3 is 4.74 Å². The number of hydrogen-bond donors (Lipinski definition) is 0. The van der Waals surface area contributed by atoms with E-state index < -0.39 is 23.5 Å². The van der Waals surface area contributed by atoms with Gasteiger partial charge in [-0.05, 0) is 12.5 Å². The summed E-state index contributed by atoms with van der Waals surface area (Å²) in [5.41, 5.74) is 1.14. The Balaban J connectivity index is 3.02. The molecule has 0 aliphatic rings.